The van der Waals surface area contributed by atoms with Crippen LogP contribution in [0.4, 0.5) is 0 Å². The maximum absolute atomic E-state index is 12.8. The molecule has 0 unspecified atom stereocenters. The fraction of sp³-hybridized carbons (Fsp3) is 0.300. The van der Waals surface area contributed by atoms with Gasteiger partial charge in [-0.15, -0.1) is 0 Å². The highest BCUT2D eigenvalue weighted by molar-refractivity contribution is 6.30. The summed E-state index contributed by atoms with van der Waals surface area (Å²) in [6.45, 7) is 2.67. The van der Waals surface area contributed by atoms with Crippen molar-refractivity contribution in [3.8, 4) is 0 Å². The predicted molar refractivity (Wildman–Crippen MR) is 101 cm³/mol. The van der Waals surface area contributed by atoms with Crippen LogP contribution in [0.2, 0.25) is 5.02 Å². The minimum Gasteiger partial charge on any atom is -0.274 e. The fourth-order valence-electron chi connectivity index (χ4n) is 3.28. The maximum atomic E-state index is 12.8. The second-order valence-electron chi connectivity index (χ2n) is 6.65. The van der Waals surface area contributed by atoms with Crippen LogP contribution in [0.1, 0.15) is 31.4 Å². The van der Waals surface area contributed by atoms with E-state index < -0.39 is 0 Å². The number of halogens is 1. The molecule has 1 aliphatic rings. The summed E-state index contributed by atoms with van der Waals surface area (Å²) in [5.74, 6) is 0. The van der Waals surface area contributed by atoms with Gasteiger partial charge in [0.2, 0.25) is 0 Å². The molecule has 0 bridgehead atoms. The minimum absolute atomic E-state index is 0.0351. The van der Waals surface area contributed by atoms with Gasteiger partial charge in [0.25, 0.3) is 5.56 Å². The SMILES string of the molecule is C[C@@H](c1ccc(Cl)cc1)N(Cn1ncc2ccccc2c1=O)C1CC1. The van der Waals surface area contributed by atoms with Gasteiger partial charge in [-0.2, -0.15) is 5.10 Å². The molecule has 1 atom stereocenters. The molecule has 0 amide bonds. The normalized spacial score (nSPS) is 15.6. The lowest BCUT2D eigenvalue weighted by molar-refractivity contribution is 0.140. The van der Waals surface area contributed by atoms with E-state index in [0.29, 0.717) is 18.1 Å². The van der Waals surface area contributed by atoms with Crippen molar-refractivity contribution in [2.75, 3.05) is 0 Å². The van der Waals surface area contributed by atoms with Gasteiger partial charge in [-0.25, -0.2) is 4.68 Å². The zero-order valence-corrected chi connectivity index (χ0v) is 14.9. The lowest BCUT2D eigenvalue weighted by atomic mass is 10.1. The van der Waals surface area contributed by atoms with Gasteiger partial charge in [0.15, 0.2) is 0 Å². The van der Waals surface area contributed by atoms with Crippen LogP contribution >= 0.6 is 11.6 Å². The van der Waals surface area contributed by atoms with Gasteiger partial charge >= 0.3 is 0 Å². The second-order valence-corrected chi connectivity index (χ2v) is 7.09. The number of fused-ring (bicyclic) bond motifs is 1. The molecule has 4 rings (SSSR count). The third kappa shape index (κ3) is 3.32. The van der Waals surface area contributed by atoms with E-state index in [4.69, 9.17) is 11.6 Å². The van der Waals surface area contributed by atoms with Crippen LogP contribution in [-0.2, 0) is 6.67 Å². The second kappa shape index (κ2) is 6.62. The zero-order valence-electron chi connectivity index (χ0n) is 14.1. The van der Waals surface area contributed by atoms with Crippen molar-refractivity contribution < 1.29 is 0 Å². The third-order valence-electron chi connectivity index (χ3n) is 4.92. The molecule has 1 aliphatic carbocycles. The first kappa shape index (κ1) is 16.3. The highest BCUT2D eigenvalue weighted by Gasteiger charge is 2.33. The van der Waals surface area contributed by atoms with Gasteiger partial charge in [-0.05, 0) is 43.5 Å². The molecular formula is C20H20ClN3O. The maximum Gasteiger partial charge on any atom is 0.275 e. The van der Waals surface area contributed by atoms with Gasteiger partial charge in [-0.1, -0.05) is 41.9 Å². The number of hydrogen-bond donors (Lipinski definition) is 0. The molecule has 4 nitrogen and oxygen atoms in total. The lowest BCUT2D eigenvalue weighted by Gasteiger charge is -2.29. The summed E-state index contributed by atoms with van der Waals surface area (Å²) in [5, 5.41) is 6.72. The Labute approximate surface area is 151 Å². The summed E-state index contributed by atoms with van der Waals surface area (Å²) in [5.41, 5.74) is 1.16. The molecule has 0 N–H and O–H groups in total. The van der Waals surface area contributed by atoms with E-state index in [0.717, 1.165) is 10.4 Å². The first-order valence-corrected chi connectivity index (χ1v) is 8.97. The van der Waals surface area contributed by atoms with Crippen LogP contribution in [0, 0.1) is 0 Å². The molecule has 128 valence electrons. The smallest absolute Gasteiger partial charge is 0.274 e. The summed E-state index contributed by atoms with van der Waals surface area (Å²) in [4.78, 5) is 15.1. The molecule has 2 aromatic carbocycles. The van der Waals surface area contributed by atoms with Crippen molar-refractivity contribution in [3.63, 3.8) is 0 Å². The van der Waals surface area contributed by atoms with E-state index in [1.54, 1.807) is 10.9 Å². The molecule has 0 spiro atoms. The highest BCUT2D eigenvalue weighted by Crippen LogP contribution is 2.34. The Kier molecular flexibility index (Phi) is 4.32. The van der Waals surface area contributed by atoms with Crippen LogP contribution in [0.25, 0.3) is 10.8 Å². The average molecular weight is 354 g/mol. The van der Waals surface area contributed by atoms with Crippen molar-refractivity contribution in [2.45, 2.75) is 38.5 Å². The van der Waals surface area contributed by atoms with E-state index in [-0.39, 0.29) is 11.6 Å². The van der Waals surface area contributed by atoms with E-state index in [9.17, 15) is 4.79 Å². The Morgan fingerprint density at radius 3 is 2.64 bits per heavy atom. The first-order valence-electron chi connectivity index (χ1n) is 8.59. The molecule has 1 saturated carbocycles. The Morgan fingerprint density at radius 2 is 1.92 bits per heavy atom. The number of nitrogens with zero attached hydrogens (tertiary/aromatic N) is 3. The minimum atomic E-state index is -0.0351. The molecule has 0 saturated heterocycles. The summed E-state index contributed by atoms with van der Waals surface area (Å²) >= 11 is 6.01. The van der Waals surface area contributed by atoms with E-state index in [1.165, 1.54) is 18.4 Å². The van der Waals surface area contributed by atoms with Crippen molar-refractivity contribution >= 4 is 22.4 Å². The summed E-state index contributed by atoms with van der Waals surface area (Å²) in [6.07, 6.45) is 4.11. The molecule has 0 aliphatic heterocycles. The van der Waals surface area contributed by atoms with Gasteiger partial charge in [0.1, 0.15) is 0 Å². The highest BCUT2D eigenvalue weighted by atomic mass is 35.5. The van der Waals surface area contributed by atoms with E-state index in [2.05, 4.69) is 29.1 Å². The molecule has 1 aromatic heterocycles. The predicted octanol–water partition coefficient (Wildman–Crippen LogP) is 4.23. The number of rotatable bonds is 5. The van der Waals surface area contributed by atoms with Gasteiger partial charge in [-0.3, -0.25) is 9.69 Å². The van der Waals surface area contributed by atoms with Crippen molar-refractivity contribution in [1.82, 2.24) is 14.7 Å². The molecule has 5 heteroatoms. The average Bonchev–Trinajstić information content (AvgIpc) is 3.46. The Morgan fingerprint density at radius 1 is 1.20 bits per heavy atom. The van der Waals surface area contributed by atoms with Crippen molar-refractivity contribution in [2.24, 2.45) is 0 Å². The van der Waals surface area contributed by atoms with Crippen LogP contribution in [0.3, 0.4) is 0 Å². The Bertz CT molecular complexity index is 947. The fourth-order valence-corrected chi connectivity index (χ4v) is 3.40. The standard InChI is InChI=1S/C20H20ClN3O/c1-14(15-6-8-17(21)9-7-15)23(18-10-11-18)13-24-20(25)19-5-3-2-4-16(19)12-22-24/h2-9,12,14,18H,10-11,13H2,1H3/t14-/m0/s1. The van der Waals surface area contributed by atoms with E-state index >= 15 is 0 Å². The first-order chi connectivity index (χ1) is 12.1. The summed E-state index contributed by atoms with van der Waals surface area (Å²) in [6, 6.07) is 16.2. The largest absolute Gasteiger partial charge is 0.275 e. The lowest BCUT2D eigenvalue weighted by Crippen LogP contribution is -2.36. The summed E-state index contributed by atoms with van der Waals surface area (Å²) < 4.78 is 1.58. The Hall–Kier alpha value is -2.17. The van der Waals surface area contributed by atoms with Gasteiger partial charge in [0.05, 0.1) is 18.3 Å². The zero-order chi connectivity index (χ0) is 17.4. The van der Waals surface area contributed by atoms with Gasteiger partial charge in [0, 0.05) is 22.5 Å². The molecule has 3 aromatic rings. The Balaban J connectivity index is 1.65. The molecule has 1 heterocycles. The molecular weight excluding hydrogens is 334 g/mol. The molecule has 1 fully saturated rings. The van der Waals surface area contributed by atoms with Crippen LogP contribution in [-0.4, -0.2) is 20.7 Å². The van der Waals surface area contributed by atoms with Crippen LogP contribution in [0.15, 0.2) is 59.5 Å². The quantitative estimate of drug-likeness (QED) is 0.688. The molecule has 25 heavy (non-hydrogen) atoms. The van der Waals surface area contributed by atoms with Crippen LogP contribution < -0.4 is 5.56 Å². The molecule has 0 radical (unpaired) electrons. The monoisotopic (exact) mass is 353 g/mol. The van der Waals surface area contributed by atoms with Gasteiger partial charge < -0.3 is 0 Å². The van der Waals surface area contributed by atoms with Crippen molar-refractivity contribution in [1.29, 1.82) is 0 Å². The number of aromatic nitrogens is 2. The topological polar surface area (TPSA) is 38.1 Å². The number of benzene rings is 2. The number of hydrogen-bond acceptors (Lipinski definition) is 3. The van der Waals surface area contributed by atoms with Crippen LogP contribution in [0.5, 0.6) is 0 Å². The summed E-state index contributed by atoms with van der Waals surface area (Å²) in [7, 11) is 0. The van der Waals surface area contributed by atoms with E-state index in [1.807, 2.05) is 36.4 Å². The van der Waals surface area contributed by atoms with Crippen molar-refractivity contribution in [3.05, 3.63) is 75.7 Å². The third-order valence-corrected chi connectivity index (χ3v) is 5.18.